The zero-order valence-corrected chi connectivity index (χ0v) is 18.1. The van der Waals surface area contributed by atoms with Crippen LogP contribution in [0.5, 0.6) is 0 Å². The summed E-state index contributed by atoms with van der Waals surface area (Å²) in [6, 6.07) is 17.9. The molecule has 1 aromatic heterocycles. The van der Waals surface area contributed by atoms with Gasteiger partial charge in [-0.05, 0) is 61.0 Å². The minimum atomic E-state index is -3.69. The number of sulfonamides is 1. The van der Waals surface area contributed by atoms with Crippen LogP contribution in [-0.4, -0.2) is 19.3 Å². The summed E-state index contributed by atoms with van der Waals surface area (Å²) in [5, 5.41) is 3.86. The fourth-order valence-electron chi connectivity index (χ4n) is 2.88. The molecule has 1 amide bonds. The number of fused-ring (bicyclic) bond motifs is 1. The molecule has 4 aromatic rings. The van der Waals surface area contributed by atoms with Crippen LogP contribution in [0, 0.1) is 6.92 Å². The van der Waals surface area contributed by atoms with Crippen LogP contribution >= 0.6 is 22.9 Å². The number of carbonyl (C=O) groups is 1. The third-order valence-corrected chi connectivity index (χ3v) is 6.86. The molecule has 0 saturated heterocycles. The summed E-state index contributed by atoms with van der Waals surface area (Å²) in [6.07, 6.45) is 0. The van der Waals surface area contributed by atoms with Crippen molar-refractivity contribution in [3.8, 4) is 0 Å². The van der Waals surface area contributed by atoms with Gasteiger partial charge in [0.1, 0.15) is 0 Å². The quantitative estimate of drug-likeness (QED) is 0.425. The SMILES string of the molecule is Cc1cc(Cl)cc2sc(NC(=O)c3ccc(NS(=O)(=O)c4ccccc4)cc3)nc12. The Kier molecular flexibility index (Phi) is 5.46. The van der Waals surface area contributed by atoms with Crippen LogP contribution in [0.4, 0.5) is 10.8 Å². The molecule has 0 radical (unpaired) electrons. The third kappa shape index (κ3) is 4.30. The summed E-state index contributed by atoms with van der Waals surface area (Å²) < 4.78 is 28.2. The average Bonchev–Trinajstić information content (AvgIpc) is 3.11. The van der Waals surface area contributed by atoms with Crippen LogP contribution in [0.25, 0.3) is 10.2 Å². The van der Waals surface area contributed by atoms with Gasteiger partial charge in [-0.3, -0.25) is 14.8 Å². The first-order chi connectivity index (χ1) is 14.3. The van der Waals surface area contributed by atoms with E-state index in [4.69, 9.17) is 11.6 Å². The number of amides is 1. The first kappa shape index (κ1) is 20.3. The normalized spacial score (nSPS) is 11.4. The van der Waals surface area contributed by atoms with Crippen molar-refractivity contribution in [1.29, 1.82) is 0 Å². The molecule has 4 rings (SSSR count). The minimum absolute atomic E-state index is 0.165. The van der Waals surface area contributed by atoms with E-state index < -0.39 is 10.0 Å². The fraction of sp³-hybridized carbons (Fsp3) is 0.0476. The van der Waals surface area contributed by atoms with E-state index in [9.17, 15) is 13.2 Å². The molecule has 0 fully saturated rings. The number of thiazole rings is 1. The second-order valence-corrected chi connectivity index (χ2v) is 9.69. The average molecular weight is 458 g/mol. The highest BCUT2D eigenvalue weighted by Crippen LogP contribution is 2.31. The van der Waals surface area contributed by atoms with Crippen molar-refractivity contribution in [3.05, 3.63) is 82.9 Å². The Morgan fingerprint density at radius 3 is 2.43 bits per heavy atom. The Labute approximate surface area is 182 Å². The monoisotopic (exact) mass is 457 g/mol. The summed E-state index contributed by atoms with van der Waals surface area (Å²) in [5.74, 6) is -0.338. The van der Waals surface area contributed by atoms with E-state index in [2.05, 4.69) is 15.0 Å². The van der Waals surface area contributed by atoms with Crippen LogP contribution in [-0.2, 0) is 10.0 Å². The van der Waals surface area contributed by atoms with Crippen molar-refractivity contribution in [3.63, 3.8) is 0 Å². The van der Waals surface area contributed by atoms with E-state index in [0.717, 1.165) is 15.8 Å². The van der Waals surface area contributed by atoms with Crippen molar-refractivity contribution in [2.45, 2.75) is 11.8 Å². The fourth-order valence-corrected chi connectivity index (χ4v) is 5.28. The van der Waals surface area contributed by atoms with Gasteiger partial charge in [0.25, 0.3) is 15.9 Å². The van der Waals surface area contributed by atoms with Gasteiger partial charge >= 0.3 is 0 Å². The maximum absolute atomic E-state index is 12.6. The molecule has 0 aliphatic carbocycles. The number of hydrogen-bond donors (Lipinski definition) is 2. The molecule has 0 spiro atoms. The summed E-state index contributed by atoms with van der Waals surface area (Å²) in [5.41, 5.74) is 2.47. The third-order valence-electron chi connectivity index (χ3n) is 4.32. The maximum Gasteiger partial charge on any atom is 0.261 e. The number of benzene rings is 3. The molecule has 0 unspecified atom stereocenters. The Morgan fingerprint density at radius 1 is 1.03 bits per heavy atom. The van der Waals surface area contributed by atoms with Gasteiger partial charge < -0.3 is 0 Å². The number of hydrogen-bond acceptors (Lipinski definition) is 5. The Morgan fingerprint density at radius 2 is 1.73 bits per heavy atom. The number of rotatable bonds is 5. The number of nitrogens with zero attached hydrogens (tertiary/aromatic N) is 1. The number of nitrogens with one attached hydrogen (secondary N) is 2. The predicted molar refractivity (Wildman–Crippen MR) is 121 cm³/mol. The van der Waals surface area contributed by atoms with E-state index in [-0.39, 0.29) is 10.8 Å². The molecule has 6 nitrogen and oxygen atoms in total. The lowest BCUT2D eigenvalue weighted by Crippen LogP contribution is -2.14. The molecule has 30 heavy (non-hydrogen) atoms. The molecule has 0 aliphatic rings. The standard InChI is InChI=1S/C21H16ClN3O3S2/c1-13-11-15(22)12-18-19(13)23-21(29-18)24-20(26)14-7-9-16(10-8-14)25-30(27,28)17-5-3-2-4-6-17/h2-12,25H,1H3,(H,23,24,26). The van der Waals surface area contributed by atoms with Crippen LogP contribution in [0.1, 0.15) is 15.9 Å². The zero-order valence-electron chi connectivity index (χ0n) is 15.7. The Balaban J connectivity index is 1.49. The molecule has 0 atom stereocenters. The van der Waals surface area contributed by atoms with E-state index in [0.29, 0.717) is 21.4 Å². The molecule has 1 heterocycles. The number of aromatic nitrogens is 1. The smallest absolute Gasteiger partial charge is 0.261 e. The molecule has 0 bridgehead atoms. The molecule has 9 heteroatoms. The first-order valence-electron chi connectivity index (χ1n) is 8.88. The lowest BCUT2D eigenvalue weighted by Gasteiger charge is -2.08. The first-order valence-corrected chi connectivity index (χ1v) is 11.6. The van der Waals surface area contributed by atoms with Gasteiger partial charge in [0.05, 0.1) is 15.1 Å². The number of carbonyl (C=O) groups excluding carboxylic acids is 1. The molecule has 0 aliphatic heterocycles. The molecular formula is C21H16ClN3O3S2. The van der Waals surface area contributed by atoms with Crippen molar-refractivity contribution in [1.82, 2.24) is 4.98 Å². The van der Waals surface area contributed by atoms with Gasteiger partial charge in [-0.2, -0.15) is 0 Å². The van der Waals surface area contributed by atoms with Gasteiger partial charge in [0.15, 0.2) is 5.13 Å². The molecule has 3 aromatic carbocycles. The maximum atomic E-state index is 12.6. The van der Waals surface area contributed by atoms with Crippen LogP contribution in [0.2, 0.25) is 5.02 Å². The van der Waals surface area contributed by atoms with Crippen LogP contribution in [0.15, 0.2) is 71.6 Å². The second kappa shape index (κ2) is 8.06. The number of anilines is 2. The summed E-state index contributed by atoms with van der Waals surface area (Å²) in [6.45, 7) is 1.91. The molecular weight excluding hydrogens is 442 g/mol. The van der Waals surface area contributed by atoms with E-state index in [1.165, 1.54) is 35.6 Å². The summed E-state index contributed by atoms with van der Waals surface area (Å²) in [7, 11) is -3.69. The lowest BCUT2D eigenvalue weighted by molar-refractivity contribution is 0.102. The summed E-state index contributed by atoms with van der Waals surface area (Å²) >= 11 is 7.42. The second-order valence-electron chi connectivity index (χ2n) is 6.54. The Bertz CT molecular complexity index is 1340. The Hall–Kier alpha value is -2.94. The zero-order chi connectivity index (χ0) is 21.3. The van der Waals surface area contributed by atoms with Crippen molar-refractivity contribution >= 4 is 59.9 Å². The van der Waals surface area contributed by atoms with Gasteiger partial charge in [0, 0.05) is 16.3 Å². The van der Waals surface area contributed by atoms with Crippen molar-refractivity contribution < 1.29 is 13.2 Å². The topological polar surface area (TPSA) is 88.2 Å². The van der Waals surface area contributed by atoms with Gasteiger partial charge in [0.2, 0.25) is 0 Å². The number of aryl methyl sites for hydroxylation is 1. The molecule has 0 saturated carbocycles. The largest absolute Gasteiger partial charge is 0.298 e. The minimum Gasteiger partial charge on any atom is -0.298 e. The molecule has 152 valence electrons. The highest BCUT2D eigenvalue weighted by molar-refractivity contribution is 7.92. The van der Waals surface area contributed by atoms with E-state index >= 15 is 0 Å². The van der Waals surface area contributed by atoms with Crippen molar-refractivity contribution in [2.75, 3.05) is 10.0 Å². The van der Waals surface area contributed by atoms with E-state index in [1.54, 1.807) is 30.3 Å². The lowest BCUT2D eigenvalue weighted by atomic mass is 10.2. The van der Waals surface area contributed by atoms with Crippen LogP contribution < -0.4 is 10.0 Å². The van der Waals surface area contributed by atoms with Gasteiger partial charge in [-0.25, -0.2) is 13.4 Å². The van der Waals surface area contributed by atoms with Crippen molar-refractivity contribution in [2.24, 2.45) is 0 Å². The van der Waals surface area contributed by atoms with Gasteiger partial charge in [-0.1, -0.05) is 41.1 Å². The molecule has 2 N–H and O–H groups in total. The highest BCUT2D eigenvalue weighted by atomic mass is 35.5. The summed E-state index contributed by atoms with van der Waals surface area (Å²) in [4.78, 5) is 17.2. The predicted octanol–water partition coefficient (Wildman–Crippen LogP) is 5.31. The highest BCUT2D eigenvalue weighted by Gasteiger charge is 2.15. The van der Waals surface area contributed by atoms with E-state index in [1.807, 2.05) is 19.1 Å². The van der Waals surface area contributed by atoms with Crippen LogP contribution in [0.3, 0.4) is 0 Å². The van der Waals surface area contributed by atoms with Gasteiger partial charge in [-0.15, -0.1) is 0 Å². The number of halogens is 1.